The molecule has 0 saturated heterocycles. The van der Waals surface area contributed by atoms with Gasteiger partial charge in [0, 0.05) is 24.4 Å². The van der Waals surface area contributed by atoms with Crippen molar-refractivity contribution in [2.24, 2.45) is 7.05 Å². The molecule has 35 heavy (non-hydrogen) atoms. The van der Waals surface area contributed by atoms with Crippen LogP contribution in [0.2, 0.25) is 0 Å². The van der Waals surface area contributed by atoms with Gasteiger partial charge in [0.1, 0.15) is 11.5 Å². The molecule has 0 spiro atoms. The molecular weight excluding hydrogens is 468 g/mol. The Bertz CT molecular complexity index is 1370. The molecule has 2 aromatic heterocycles. The molecule has 0 aliphatic heterocycles. The number of aryl methyl sites for hydroxylation is 1. The Labute approximate surface area is 196 Å². The predicted molar refractivity (Wildman–Crippen MR) is 119 cm³/mol. The number of amides is 1. The van der Waals surface area contributed by atoms with Crippen LogP contribution in [0.3, 0.4) is 0 Å². The molecule has 0 fully saturated rings. The van der Waals surface area contributed by atoms with Crippen molar-refractivity contribution in [2.75, 3.05) is 5.32 Å². The Hall–Kier alpha value is -4.48. The van der Waals surface area contributed by atoms with E-state index >= 15 is 0 Å². The van der Waals surface area contributed by atoms with E-state index in [0.717, 1.165) is 6.07 Å². The standard InChI is InChI=1S/C23H18F4N6O2/c1-33-8-7-18(32-33)15-9-19(17(24)10-16(15)23(25,26)27)31-21-20(13-5-3-2-4-6-13)30-14(11-28-21)12-29-22(34)35/h2-11,29H,12H2,1H3,(H,28,31)(H,34,35). The van der Waals surface area contributed by atoms with Crippen molar-refractivity contribution in [3.05, 3.63) is 78.0 Å². The average Bonchev–Trinajstić information content (AvgIpc) is 3.25. The molecule has 4 aromatic rings. The summed E-state index contributed by atoms with van der Waals surface area (Å²) in [6.45, 7) is -0.124. The van der Waals surface area contributed by atoms with E-state index in [4.69, 9.17) is 5.11 Å². The lowest BCUT2D eigenvalue weighted by Crippen LogP contribution is -2.21. The minimum atomic E-state index is -4.81. The number of nitrogens with zero attached hydrogens (tertiary/aromatic N) is 4. The third kappa shape index (κ3) is 5.37. The summed E-state index contributed by atoms with van der Waals surface area (Å²) in [5.41, 5.74) is -0.583. The fraction of sp³-hybridized carbons (Fsp3) is 0.130. The van der Waals surface area contributed by atoms with Gasteiger partial charge in [-0.25, -0.2) is 19.2 Å². The molecule has 2 aromatic carbocycles. The zero-order valence-electron chi connectivity index (χ0n) is 18.1. The van der Waals surface area contributed by atoms with Crippen LogP contribution in [-0.2, 0) is 19.8 Å². The van der Waals surface area contributed by atoms with Crippen LogP contribution >= 0.6 is 0 Å². The summed E-state index contributed by atoms with van der Waals surface area (Å²) in [6, 6.07) is 11.5. The Morgan fingerprint density at radius 1 is 1.14 bits per heavy atom. The average molecular weight is 486 g/mol. The fourth-order valence-electron chi connectivity index (χ4n) is 3.37. The van der Waals surface area contributed by atoms with Gasteiger partial charge in [0.25, 0.3) is 0 Å². The van der Waals surface area contributed by atoms with Gasteiger partial charge in [-0.2, -0.15) is 18.3 Å². The second kappa shape index (κ2) is 9.41. The molecule has 0 bridgehead atoms. The number of hydrogen-bond donors (Lipinski definition) is 3. The molecule has 8 nitrogen and oxygen atoms in total. The molecule has 0 saturated carbocycles. The predicted octanol–water partition coefficient (Wildman–Crippen LogP) is 5.21. The van der Waals surface area contributed by atoms with Crippen LogP contribution in [0.25, 0.3) is 22.5 Å². The molecule has 0 atom stereocenters. The first kappa shape index (κ1) is 23.7. The number of aromatic nitrogens is 4. The number of hydrogen-bond acceptors (Lipinski definition) is 5. The van der Waals surface area contributed by atoms with Crippen molar-refractivity contribution < 1.29 is 27.5 Å². The lowest BCUT2D eigenvalue weighted by Gasteiger charge is -2.16. The van der Waals surface area contributed by atoms with Gasteiger partial charge in [-0.05, 0) is 18.2 Å². The second-order valence-corrected chi connectivity index (χ2v) is 7.46. The van der Waals surface area contributed by atoms with Crippen molar-refractivity contribution in [2.45, 2.75) is 12.7 Å². The number of rotatable bonds is 6. The zero-order valence-corrected chi connectivity index (χ0v) is 18.1. The molecule has 0 unspecified atom stereocenters. The van der Waals surface area contributed by atoms with E-state index < -0.39 is 23.7 Å². The second-order valence-electron chi connectivity index (χ2n) is 7.46. The molecule has 12 heteroatoms. The molecule has 0 radical (unpaired) electrons. The molecule has 1 amide bonds. The van der Waals surface area contributed by atoms with Gasteiger partial charge >= 0.3 is 12.3 Å². The van der Waals surface area contributed by atoms with Gasteiger partial charge in [0.15, 0.2) is 5.82 Å². The first-order valence-electron chi connectivity index (χ1n) is 10.2. The van der Waals surface area contributed by atoms with E-state index in [9.17, 15) is 22.4 Å². The van der Waals surface area contributed by atoms with E-state index in [0.29, 0.717) is 17.3 Å². The number of benzene rings is 2. The maximum Gasteiger partial charge on any atom is 0.417 e. The molecule has 0 aliphatic rings. The summed E-state index contributed by atoms with van der Waals surface area (Å²) in [4.78, 5) is 19.5. The highest BCUT2D eigenvalue weighted by molar-refractivity contribution is 5.78. The Morgan fingerprint density at radius 3 is 2.51 bits per heavy atom. The van der Waals surface area contributed by atoms with Gasteiger partial charge in [-0.1, -0.05) is 30.3 Å². The smallest absolute Gasteiger partial charge is 0.417 e. The van der Waals surface area contributed by atoms with Crippen molar-refractivity contribution >= 4 is 17.6 Å². The molecular formula is C23H18F4N6O2. The Kier molecular flexibility index (Phi) is 6.36. The molecule has 180 valence electrons. The minimum absolute atomic E-state index is 0.0207. The summed E-state index contributed by atoms with van der Waals surface area (Å²) >= 11 is 0. The van der Waals surface area contributed by atoms with Crippen LogP contribution in [0, 0.1) is 5.82 Å². The number of carbonyl (C=O) groups is 1. The fourth-order valence-corrected chi connectivity index (χ4v) is 3.37. The van der Waals surface area contributed by atoms with Crippen molar-refractivity contribution in [1.29, 1.82) is 0 Å². The Balaban J connectivity index is 1.80. The molecule has 3 N–H and O–H groups in total. The minimum Gasteiger partial charge on any atom is -0.465 e. The quantitative estimate of drug-likeness (QED) is 0.323. The maximum atomic E-state index is 14.9. The van der Waals surface area contributed by atoms with Crippen LogP contribution < -0.4 is 10.6 Å². The largest absolute Gasteiger partial charge is 0.465 e. The summed E-state index contributed by atoms with van der Waals surface area (Å²) < 4.78 is 57.2. The topological polar surface area (TPSA) is 105 Å². The van der Waals surface area contributed by atoms with E-state index in [-0.39, 0.29) is 35.0 Å². The normalized spacial score (nSPS) is 11.3. The van der Waals surface area contributed by atoms with Crippen LogP contribution in [0.5, 0.6) is 0 Å². The highest BCUT2D eigenvalue weighted by Gasteiger charge is 2.35. The number of halogens is 4. The first-order valence-corrected chi connectivity index (χ1v) is 10.2. The summed E-state index contributed by atoms with van der Waals surface area (Å²) in [6.07, 6.45) is -3.29. The summed E-state index contributed by atoms with van der Waals surface area (Å²) in [5.74, 6) is -1.07. The van der Waals surface area contributed by atoms with E-state index in [1.807, 2.05) is 0 Å². The van der Waals surface area contributed by atoms with Gasteiger partial charge < -0.3 is 15.7 Å². The number of anilines is 2. The van der Waals surface area contributed by atoms with Crippen molar-refractivity contribution in [1.82, 2.24) is 25.1 Å². The van der Waals surface area contributed by atoms with Crippen LogP contribution in [0.1, 0.15) is 11.3 Å². The van der Waals surface area contributed by atoms with Gasteiger partial charge in [-0.3, -0.25) is 4.68 Å². The Morgan fingerprint density at radius 2 is 1.89 bits per heavy atom. The van der Waals surface area contributed by atoms with E-state index in [1.165, 1.54) is 23.1 Å². The van der Waals surface area contributed by atoms with E-state index in [2.05, 4.69) is 25.7 Å². The zero-order chi connectivity index (χ0) is 25.2. The summed E-state index contributed by atoms with van der Waals surface area (Å²) in [7, 11) is 1.56. The lowest BCUT2D eigenvalue weighted by atomic mass is 10.0. The van der Waals surface area contributed by atoms with Gasteiger partial charge in [-0.15, -0.1) is 0 Å². The maximum absolute atomic E-state index is 14.9. The van der Waals surface area contributed by atoms with Crippen LogP contribution in [-0.4, -0.2) is 30.9 Å². The molecule has 0 aliphatic carbocycles. The SMILES string of the molecule is Cn1ccc(-c2cc(Nc3ncc(CNC(=O)O)nc3-c3ccccc3)c(F)cc2C(F)(F)F)n1. The van der Waals surface area contributed by atoms with Gasteiger partial charge in [0.05, 0.1) is 35.4 Å². The third-order valence-corrected chi connectivity index (χ3v) is 4.95. The first-order chi connectivity index (χ1) is 16.6. The van der Waals surface area contributed by atoms with Crippen LogP contribution in [0.15, 0.2) is 60.9 Å². The molecule has 2 heterocycles. The third-order valence-electron chi connectivity index (χ3n) is 4.95. The highest BCUT2D eigenvalue weighted by Crippen LogP contribution is 2.40. The van der Waals surface area contributed by atoms with Gasteiger partial charge in [0.2, 0.25) is 0 Å². The number of alkyl halides is 3. The van der Waals surface area contributed by atoms with Crippen molar-refractivity contribution in [3.63, 3.8) is 0 Å². The number of carboxylic acid groups (broad SMARTS) is 1. The van der Waals surface area contributed by atoms with Crippen LogP contribution in [0.4, 0.5) is 33.9 Å². The highest BCUT2D eigenvalue weighted by atomic mass is 19.4. The summed E-state index contributed by atoms with van der Waals surface area (Å²) in [5, 5.41) is 17.8. The monoisotopic (exact) mass is 486 g/mol. The molecule has 4 rings (SSSR count). The van der Waals surface area contributed by atoms with E-state index in [1.54, 1.807) is 37.4 Å². The number of nitrogens with one attached hydrogen (secondary N) is 2. The lowest BCUT2D eigenvalue weighted by molar-refractivity contribution is -0.137. The van der Waals surface area contributed by atoms with Crippen molar-refractivity contribution in [3.8, 4) is 22.5 Å².